The van der Waals surface area contributed by atoms with Crippen molar-refractivity contribution in [2.75, 3.05) is 26.2 Å². The van der Waals surface area contributed by atoms with Crippen molar-refractivity contribution in [1.29, 1.82) is 0 Å². The average molecular weight is 227 g/mol. The zero-order valence-corrected chi connectivity index (χ0v) is 10.5. The SMILES string of the molecule is CC(C)CNCCCN1CCCC1C(N)=O. The van der Waals surface area contributed by atoms with E-state index in [0.717, 1.165) is 45.4 Å². The first-order valence-corrected chi connectivity index (χ1v) is 6.35. The molecule has 0 radical (unpaired) electrons. The Morgan fingerprint density at radius 3 is 2.94 bits per heavy atom. The fourth-order valence-corrected chi connectivity index (χ4v) is 2.21. The third kappa shape index (κ3) is 4.49. The predicted molar refractivity (Wildman–Crippen MR) is 66.1 cm³/mol. The minimum Gasteiger partial charge on any atom is -0.368 e. The van der Waals surface area contributed by atoms with Crippen molar-refractivity contribution in [2.24, 2.45) is 11.7 Å². The van der Waals surface area contributed by atoms with E-state index in [1.807, 2.05) is 0 Å². The molecule has 1 aliphatic rings. The summed E-state index contributed by atoms with van der Waals surface area (Å²) in [6.07, 6.45) is 3.14. The Morgan fingerprint density at radius 1 is 1.56 bits per heavy atom. The van der Waals surface area contributed by atoms with E-state index in [-0.39, 0.29) is 11.9 Å². The Hall–Kier alpha value is -0.610. The molecule has 0 bridgehead atoms. The highest BCUT2D eigenvalue weighted by Crippen LogP contribution is 2.16. The molecule has 1 amide bonds. The number of primary amides is 1. The van der Waals surface area contributed by atoms with Crippen molar-refractivity contribution in [3.8, 4) is 0 Å². The van der Waals surface area contributed by atoms with Crippen LogP contribution in [0.25, 0.3) is 0 Å². The minimum absolute atomic E-state index is 0.00917. The van der Waals surface area contributed by atoms with Crippen molar-refractivity contribution >= 4 is 5.91 Å². The van der Waals surface area contributed by atoms with E-state index in [9.17, 15) is 4.79 Å². The van der Waals surface area contributed by atoms with Gasteiger partial charge in [0, 0.05) is 6.54 Å². The quantitative estimate of drug-likeness (QED) is 0.625. The van der Waals surface area contributed by atoms with E-state index >= 15 is 0 Å². The first kappa shape index (κ1) is 13.5. The van der Waals surface area contributed by atoms with Gasteiger partial charge in [-0.05, 0) is 44.8 Å². The van der Waals surface area contributed by atoms with Crippen LogP contribution in [0.3, 0.4) is 0 Å². The summed E-state index contributed by atoms with van der Waals surface area (Å²) in [6.45, 7) is 8.52. The third-order valence-electron chi connectivity index (χ3n) is 3.04. The Bertz CT molecular complexity index is 218. The molecule has 1 heterocycles. The summed E-state index contributed by atoms with van der Waals surface area (Å²) in [5, 5.41) is 3.41. The summed E-state index contributed by atoms with van der Waals surface area (Å²) in [4.78, 5) is 13.4. The maximum absolute atomic E-state index is 11.2. The summed E-state index contributed by atoms with van der Waals surface area (Å²) < 4.78 is 0. The van der Waals surface area contributed by atoms with Gasteiger partial charge in [0.1, 0.15) is 0 Å². The number of likely N-dealkylation sites (tertiary alicyclic amines) is 1. The van der Waals surface area contributed by atoms with Crippen LogP contribution in [0.15, 0.2) is 0 Å². The molecule has 4 heteroatoms. The molecule has 1 rings (SSSR count). The zero-order chi connectivity index (χ0) is 12.0. The monoisotopic (exact) mass is 227 g/mol. The lowest BCUT2D eigenvalue weighted by Crippen LogP contribution is -2.41. The van der Waals surface area contributed by atoms with E-state index in [1.54, 1.807) is 0 Å². The van der Waals surface area contributed by atoms with Crippen LogP contribution in [0.4, 0.5) is 0 Å². The number of carbonyl (C=O) groups is 1. The third-order valence-corrected chi connectivity index (χ3v) is 3.04. The number of amides is 1. The van der Waals surface area contributed by atoms with E-state index < -0.39 is 0 Å². The molecule has 0 aromatic carbocycles. The highest BCUT2D eigenvalue weighted by Gasteiger charge is 2.27. The Kier molecular flexibility index (Phi) is 5.77. The molecule has 1 atom stereocenters. The van der Waals surface area contributed by atoms with Gasteiger partial charge in [0.05, 0.1) is 6.04 Å². The number of hydrogen-bond acceptors (Lipinski definition) is 3. The number of rotatable bonds is 7. The van der Waals surface area contributed by atoms with Gasteiger partial charge in [-0.15, -0.1) is 0 Å². The topological polar surface area (TPSA) is 58.4 Å². The van der Waals surface area contributed by atoms with Crippen LogP contribution in [-0.2, 0) is 4.79 Å². The van der Waals surface area contributed by atoms with Crippen LogP contribution in [-0.4, -0.2) is 43.0 Å². The normalized spacial score (nSPS) is 21.8. The molecule has 0 aromatic heterocycles. The molecule has 1 saturated heterocycles. The van der Waals surface area contributed by atoms with Gasteiger partial charge in [-0.3, -0.25) is 9.69 Å². The van der Waals surface area contributed by atoms with Gasteiger partial charge in [0.25, 0.3) is 0 Å². The summed E-state index contributed by atoms with van der Waals surface area (Å²) in [5.74, 6) is 0.540. The standard InChI is InChI=1S/C12H25N3O/c1-10(2)9-14-6-4-8-15-7-3-5-11(15)12(13)16/h10-11,14H,3-9H2,1-2H3,(H2,13,16). The zero-order valence-electron chi connectivity index (χ0n) is 10.5. The molecule has 0 spiro atoms. The fraction of sp³-hybridized carbons (Fsp3) is 0.917. The van der Waals surface area contributed by atoms with Gasteiger partial charge in [0.15, 0.2) is 0 Å². The molecule has 16 heavy (non-hydrogen) atoms. The molecule has 0 saturated carbocycles. The highest BCUT2D eigenvalue weighted by atomic mass is 16.1. The second-order valence-corrected chi connectivity index (χ2v) is 5.05. The van der Waals surface area contributed by atoms with Crippen LogP contribution in [0.1, 0.15) is 33.1 Å². The fourth-order valence-electron chi connectivity index (χ4n) is 2.21. The van der Waals surface area contributed by atoms with Gasteiger partial charge < -0.3 is 11.1 Å². The molecule has 0 aliphatic carbocycles. The Balaban J connectivity index is 2.10. The molecule has 0 aromatic rings. The molecule has 1 aliphatic heterocycles. The van der Waals surface area contributed by atoms with Gasteiger partial charge in [-0.1, -0.05) is 13.8 Å². The van der Waals surface area contributed by atoms with Crippen LogP contribution >= 0.6 is 0 Å². The van der Waals surface area contributed by atoms with Gasteiger partial charge in [-0.25, -0.2) is 0 Å². The minimum atomic E-state index is -0.160. The summed E-state index contributed by atoms with van der Waals surface area (Å²) in [7, 11) is 0. The molecular formula is C12H25N3O. The number of carbonyl (C=O) groups excluding carboxylic acids is 1. The largest absolute Gasteiger partial charge is 0.368 e. The lowest BCUT2D eigenvalue weighted by Gasteiger charge is -2.21. The van der Waals surface area contributed by atoms with Crippen LogP contribution in [0, 0.1) is 5.92 Å². The van der Waals surface area contributed by atoms with E-state index in [2.05, 4.69) is 24.1 Å². The van der Waals surface area contributed by atoms with Crippen molar-refractivity contribution < 1.29 is 4.79 Å². The maximum atomic E-state index is 11.2. The lowest BCUT2D eigenvalue weighted by atomic mass is 10.2. The van der Waals surface area contributed by atoms with E-state index in [1.165, 1.54) is 0 Å². The number of nitrogens with one attached hydrogen (secondary N) is 1. The molecule has 94 valence electrons. The Labute approximate surface area is 98.6 Å². The number of hydrogen-bond donors (Lipinski definition) is 2. The van der Waals surface area contributed by atoms with Gasteiger partial charge >= 0.3 is 0 Å². The van der Waals surface area contributed by atoms with Crippen molar-refractivity contribution in [1.82, 2.24) is 10.2 Å². The van der Waals surface area contributed by atoms with Crippen LogP contribution < -0.4 is 11.1 Å². The van der Waals surface area contributed by atoms with Crippen LogP contribution in [0.2, 0.25) is 0 Å². The smallest absolute Gasteiger partial charge is 0.234 e. The van der Waals surface area contributed by atoms with Crippen LogP contribution in [0.5, 0.6) is 0 Å². The first-order valence-electron chi connectivity index (χ1n) is 6.35. The van der Waals surface area contributed by atoms with Crippen molar-refractivity contribution in [3.63, 3.8) is 0 Å². The summed E-state index contributed by atoms with van der Waals surface area (Å²) >= 11 is 0. The molecule has 3 N–H and O–H groups in total. The summed E-state index contributed by atoms with van der Waals surface area (Å²) in [5.41, 5.74) is 5.36. The summed E-state index contributed by atoms with van der Waals surface area (Å²) in [6, 6.07) is -0.00917. The number of nitrogens with zero attached hydrogens (tertiary/aromatic N) is 1. The molecular weight excluding hydrogens is 202 g/mol. The van der Waals surface area contributed by atoms with E-state index in [0.29, 0.717) is 5.92 Å². The van der Waals surface area contributed by atoms with Crippen molar-refractivity contribution in [2.45, 2.75) is 39.2 Å². The highest BCUT2D eigenvalue weighted by molar-refractivity contribution is 5.80. The van der Waals surface area contributed by atoms with E-state index in [4.69, 9.17) is 5.73 Å². The lowest BCUT2D eigenvalue weighted by molar-refractivity contribution is -0.122. The predicted octanol–water partition coefficient (Wildman–Crippen LogP) is 0.572. The average Bonchev–Trinajstić information content (AvgIpc) is 2.65. The Morgan fingerprint density at radius 2 is 2.31 bits per heavy atom. The maximum Gasteiger partial charge on any atom is 0.234 e. The first-order chi connectivity index (χ1) is 7.61. The van der Waals surface area contributed by atoms with Gasteiger partial charge in [-0.2, -0.15) is 0 Å². The van der Waals surface area contributed by atoms with Gasteiger partial charge in [0.2, 0.25) is 5.91 Å². The molecule has 4 nitrogen and oxygen atoms in total. The second-order valence-electron chi connectivity index (χ2n) is 5.05. The molecule has 1 fully saturated rings. The molecule has 1 unspecified atom stereocenters. The second kappa shape index (κ2) is 6.86. The number of nitrogens with two attached hydrogens (primary N) is 1. The van der Waals surface area contributed by atoms with Crippen molar-refractivity contribution in [3.05, 3.63) is 0 Å².